The lowest BCUT2D eigenvalue weighted by molar-refractivity contribution is 0.101. The molecule has 0 radical (unpaired) electrons. The van der Waals surface area contributed by atoms with Crippen molar-refractivity contribution in [2.75, 3.05) is 0 Å². The van der Waals surface area contributed by atoms with Gasteiger partial charge in [-0.3, -0.25) is 4.79 Å². The van der Waals surface area contributed by atoms with Crippen LogP contribution in [0, 0.1) is 6.92 Å². The number of hydrogen-bond donors (Lipinski definition) is 0. The smallest absolute Gasteiger partial charge is 0.229 e. The van der Waals surface area contributed by atoms with Crippen LogP contribution in [0.25, 0.3) is 11.0 Å². The zero-order chi connectivity index (χ0) is 14.3. The Labute approximate surface area is 125 Å². The van der Waals surface area contributed by atoms with Crippen LogP contribution in [0.2, 0.25) is 10.0 Å². The van der Waals surface area contributed by atoms with Crippen molar-refractivity contribution in [3.8, 4) is 0 Å². The van der Waals surface area contributed by atoms with E-state index in [0.29, 0.717) is 21.2 Å². The third-order valence-corrected chi connectivity index (χ3v) is 3.88. The number of ketones is 1. The fourth-order valence-corrected chi connectivity index (χ4v) is 2.47. The molecule has 100 valence electrons. The lowest BCUT2D eigenvalue weighted by atomic mass is 10.1. The number of benzene rings is 2. The van der Waals surface area contributed by atoms with Crippen LogP contribution in [0.4, 0.5) is 0 Å². The summed E-state index contributed by atoms with van der Waals surface area (Å²) in [6.07, 6.45) is 0. The molecule has 0 aliphatic carbocycles. The number of fused-ring (bicyclic) bond motifs is 1. The van der Waals surface area contributed by atoms with Gasteiger partial charge in [0.05, 0.1) is 5.02 Å². The van der Waals surface area contributed by atoms with Gasteiger partial charge < -0.3 is 4.42 Å². The lowest BCUT2D eigenvalue weighted by Gasteiger charge is -2.03. The molecule has 0 bridgehead atoms. The molecule has 0 amide bonds. The van der Waals surface area contributed by atoms with Crippen LogP contribution >= 0.6 is 23.2 Å². The fraction of sp³-hybridized carbons (Fsp3) is 0.0625. The topological polar surface area (TPSA) is 30.2 Å². The van der Waals surface area contributed by atoms with Gasteiger partial charge in [0, 0.05) is 16.0 Å². The Kier molecular flexibility index (Phi) is 3.28. The van der Waals surface area contributed by atoms with Crippen molar-refractivity contribution in [3.05, 3.63) is 69.4 Å². The van der Waals surface area contributed by atoms with E-state index in [1.165, 1.54) is 0 Å². The molecule has 0 fully saturated rings. The minimum atomic E-state index is -0.231. The minimum absolute atomic E-state index is 0.231. The SMILES string of the molecule is Cc1cccc(C(=O)c2cc3cc(Cl)ccc3o2)c1Cl. The van der Waals surface area contributed by atoms with E-state index in [1.807, 2.05) is 13.0 Å². The zero-order valence-electron chi connectivity index (χ0n) is 10.6. The molecule has 20 heavy (non-hydrogen) atoms. The van der Waals surface area contributed by atoms with E-state index in [9.17, 15) is 4.79 Å². The van der Waals surface area contributed by atoms with Gasteiger partial charge in [-0.05, 0) is 42.8 Å². The zero-order valence-corrected chi connectivity index (χ0v) is 12.1. The average molecular weight is 305 g/mol. The summed E-state index contributed by atoms with van der Waals surface area (Å²) in [6.45, 7) is 1.86. The molecule has 0 spiro atoms. The Balaban J connectivity index is 2.10. The van der Waals surface area contributed by atoms with Crippen LogP contribution in [-0.4, -0.2) is 5.78 Å². The predicted molar refractivity (Wildman–Crippen MR) is 80.8 cm³/mol. The predicted octanol–water partition coefficient (Wildman–Crippen LogP) is 5.28. The summed E-state index contributed by atoms with van der Waals surface area (Å²) in [4.78, 5) is 12.5. The van der Waals surface area contributed by atoms with Crippen molar-refractivity contribution in [2.24, 2.45) is 0 Å². The molecule has 0 aliphatic heterocycles. The van der Waals surface area contributed by atoms with Crippen molar-refractivity contribution in [3.63, 3.8) is 0 Å². The molecule has 0 aliphatic rings. The second kappa shape index (κ2) is 4.97. The average Bonchev–Trinajstić information content (AvgIpc) is 2.84. The minimum Gasteiger partial charge on any atom is -0.453 e. The Morgan fingerprint density at radius 2 is 1.90 bits per heavy atom. The van der Waals surface area contributed by atoms with Gasteiger partial charge in [0.15, 0.2) is 5.76 Å². The van der Waals surface area contributed by atoms with Crippen LogP contribution in [0.1, 0.15) is 21.7 Å². The molecule has 1 heterocycles. The maximum Gasteiger partial charge on any atom is 0.229 e. The molecule has 0 saturated heterocycles. The second-order valence-electron chi connectivity index (χ2n) is 4.56. The Morgan fingerprint density at radius 1 is 1.10 bits per heavy atom. The number of furan rings is 1. The van der Waals surface area contributed by atoms with E-state index in [0.717, 1.165) is 10.9 Å². The van der Waals surface area contributed by atoms with Crippen molar-refractivity contribution < 1.29 is 9.21 Å². The number of rotatable bonds is 2. The van der Waals surface area contributed by atoms with E-state index in [1.54, 1.807) is 36.4 Å². The first-order chi connectivity index (χ1) is 9.56. The normalized spacial score (nSPS) is 10.9. The van der Waals surface area contributed by atoms with Gasteiger partial charge in [-0.25, -0.2) is 0 Å². The third kappa shape index (κ3) is 2.21. The number of carbonyl (C=O) groups excluding carboxylic acids is 1. The van der Waals surface area contributed by atoms with Gasteiger partial charge in [0.1, 0.15) is 5.58 Å². The molecule has 2 aromatic carbocycles. The molecule has 0 unspecified atom stereocenters. The van der Waals surface area contributed by atoms with Crippen LogP contribution in [0.5, 0.6) is 0 Å². The molecule has 0 atom stereocenters. The van der Waals surface area contributed by atoms with E-state index in [2.05, 4.69) is 0 Å². The molecule has 1 aromatic heterocycles. The molecule has 3 rings (SSSR count). The lowest BCUT2D eigenvalue weighted by Crippen LogP contribution is -2.01. The molecule has 4 heteroatoms. The second-order valence-corrected chi connectivity index (χ2v) is 5.37. The third-order valence-electron chi connectivity index (χ3n) is 3.14. The quantitative estimate of drug-likeness (QED) is 0.603. The molecular formula is C16H10Cl2O2. The van der Waals surface area contributed by atoms with Crippen molar-refractivity contribution >= 4 is 40.0 Å². The van der Waals surface area contributed by atoms with E-state index < -0.39 is 0 Å². The summed E-state index contributed by atoms with van der Waals surface area (Å²) in [5.74, 6) is 0.0285. The van der Waals surface area contributed by atoms with Gasteiger partial charge in [0.25, 0.3) is 0 Å². The molecule has 0 saturated carbocycles. The Hall–Kier alpha value is -1.77. The van der Waals surface area contributed by atoms with E-state index in [-0.39, 0.29) is 11.5 Å². The number of hydrogen-bond acceptors (Lipinski definition) is 2. The summed E-state index contributed by atoms with van der Waals surface area (Å²) in [5, 5.41) is 1.85. The highest BCUT2D eigenvalue weighted by Gasteiger charge is 2.18. The highest BCUT2D eigenvalue weighted by Crippen LogP contribution is 2.27. The first-order valence-corrected chi connectivity index (χ1v) is 6.81. The summed E-state index contributed by atoms with van der Waals surface area (Å²) >= 11 is 12.1. The van der Waals surface area contributed by atoms with Crippen LogP contribution in [-0.2, 0) is 0 Å². The number of aryl methyl sites for hydroxylation is 1. The summed E-state index contributed by atoms with van der Waals surface area (Å²) in [6, 6.07) is 12.3. The molecular weight excluding hydrogens is 295 g/mol. The molecule has 3 aromatic rings. The molecule has 2 nitrogen and oxygen atoms in total. The first-order valence-electron chi connectivity index (χ1n) is 6.05. The van der Waals surface area contributed by atoms with Gasteiger partial charge in [-0.15, -0.1) is 0 Å². The Morgan fingerprint density at radius 3 is 2.70 bits per heavy atom. The maximum atomic E-state index is 12.5. The van der Waals surface area contributed by atoms with Gasteiger partial charge >= 0.3 is 0 Å². The maximum absolute atomic E-state index is 12.5. The first kappa shape index (κ1) is 13.2. The van der Waals surface area contributed by atoms with E-state index in [4.69, 9.17) is 27.6 Å². The monoisotopic (exact) mass is 304 g/mol. The standard InChI is InChI=1S/C16H10Cl2O2/c1-9-3-2-4-12(15(9)18)16(19)14-8-10-7-11(17)5-6-13(10)20-14/h2-8H,1H3. The molecule has 0 N–H and O–H groups in total. The van der Waals surface area contributed by atoms with Gasteiger partial charge in [0.2, 0.25) is 5.78 Å². The number of carbonyl (C=O) groups is 1. The Bertz CT molecular complexity index is 818. The van der Waals surface area contributed by atoms with Gasteiger partial charge in [-0.1, -0.05) is 35.3 Å². The van der Waals surface area contributed by atoms with Crippen molar-refractivity contribution in [1.29, 1.82) is 0 Å². The largest absolute Gasteiger partial charge is 0.453 e. The van der Waals surface area contributed by atoms with Crippen LogP contribution in [0.15, 0.2) is 46.9 Å². The van der Waals surface area contributed by atoms with Crippen LogP contribution in [0.3, 0.4) is 0 Å². The van der Waals surface area contributed by atoms with Crippen LogP contribution < -0.4 is 0 Å². The summed E-state index contributed by atoms with van der Waals surface area (Å²) < 4.78 is 5.57. The fourth-order valence-electron chi connectivity index (χ4n) is 2.08. The summed E-state index contributed by atoms with van der Waals surface area (Å²) in [7, 11) is 0. The van der Waals surface area contributed by atoms with Crippen molar-refractivity contribution in [1.82, 2.24) is 0 Å². The summed E-state index contributed by atoms with van der Waals surface area (Å²) in [5.41, 5.74) is 1.93. The van der Waals surface area contributed by atoms with E-state index >= 15 is 0 Å². The highest BCUT2D eigenvalue weighted by molar-refractivity contribution is 6.35. The van der Waals surface area contributed by atoms with Crippen molar-refractivity contribution in [2.45, 2.75) is 6.92 Å². The number of halogens is 2. The highest BCUT2D eigenvalue weighted by atomic mass is 35.5. The van der Waals surface area contributed by atoms with Gasteiger partial charge in [-0.2, -0.15) is 0 Å².